The lowest BCUT2D eigenvalue weighted by Gasteiger charge is -2.14. The Bertz CT molecular complexity index is 455. The molecule has 1 aromatic carbocycles. The molecular formula is C12H16N2O4. The second kappa shape index (κ2) is 6.11. The van der Waals surface area contributed by atoms with Gasteiger partial charge in [-0.05, 0) is 18.9 Å². The molecule has 0 aliphatic carbocycles. The van der Waals surface area contributed by atoms with Gasteiger partial charge in [0.05, 0.1) is 17.6 Å². The van der Waals surface area contributed by atoms with Crippen molar-refractivity contribution in [3.8, 4) is 0 Å². The molecule has 0 bridgehead atoms. The molecule has 0 saturated heterocycles. The van der Waals surface area contributed by atoms with Gasteiger partial charge in [0.15, 0.2) is 0 Å². The minimum atomic E-state index is -0.542. The number of non-ortho nitro benzene ring substituents is 1. The Morgan fingerprint density at radius 2 is 2.22 bits per heavy atom. The molecule has 0 spiro atoms. The molecule has 0 heterocycles. The van der Waals surface area contributed by atoms with Gasteiger partial charge in [0.2, 0.25) is 0 Å². The third kappa shape index (κ3) is 3.27. The smallest absolute Gasteiger partial charge is 0.270 e. The summed E-state index contributed by atoms with van der Waals surface area (Å²) in [5, 5.41) is 22.3. The predicted molar refractivity (Wildman–Crippen MR) is 66.5 cm³/mol. The van der Waals surface area contributed by atoms with Crippen LogP contribution in [0, 0.1) is 17.0 Å². The van der Waals surface area contributed by atoms with Crippen LogP contribution < -0.4 is 5.32 Å². The monoisotopic (exact) mass is 252 g/mol. The summed E-state index contributed by atoms with van der Waals surface area (Å²) in [4.78, 5) is 22.0. The maximum Gasteiger partial charge on any atom is 0.270 e. The summed E-state index contributed by atoms with van der Waals surface area (Å²) in [6.07, 6.45) is 0.593. The maximum atomic E-state index is 11.9. The fraction of sp³-hybridized carbons (Fsp3) is 0.417. The average molecular weight is 252 g/mol. The number of nitrogens with zero attached hydrogens (tertiary/aromatic N) is 1. The Labute approximate surface area is 105 Å². The average Bonchev–Trinajstić information content (AvgIpc) is 2.35. The minimum Gasteiger partial charge on any atom is -0.394 e. The highest BCUT2D eigenvalue weighted by Gasteiger charge is 2.16. The molecule has 1 rings (SSSR count). The summed E-state index contributed by atoms with van der Waals surface area (Å²) in [6, 6.07) is 3.80. The van der Waals surface area contributed by atoms with Crippen molar-refractivity contribution in [2.24, 2.45) is 0 Å². The first kappa shape index (κ1) is 14.1. The van der Waals surface area contributed by atoms with E-state index in [1.165, 1.54) is 18.2 Å². The zero-order valence-corrected chi connectivity index (χ0v) is 10.3. The number of carbonyl (C=O) groups excluding carboxylic acids is 1. The van der Waals surface area contributed by atoms with Gasteiger partial charge in [-0.2, -0.15) is 0 Å². The van der Waals surface area contributed by atoms with E-state index in [9.17, 15) is 14.9 Å². The van der Waals surface area contributed by atoms with Crippen molar-refractivity contribution in [2.45, 2.75) is 26.3 Å². The summed E-state index contributed by atoms with van der Waals surface area (Å²) in [6.45, 7) is 3.39. The summed E-state index contributed by atoms with van der Waals surface area (Å²) in [5.74, 6) is -0.405. The van der Waals surface area contributed by atoms with E-state index in [-0.39, 0.29) is 23.9 Å². The Morgan fingerprint density at radius 3 is 2.72 bits per heavy atom. The van der Waals surface area contributed by atoms with Crippen molar-refractivity contribution in [3.63, 3.8) is 0 Å². The zero-order chi connectivity index (χ0) is 13.7. The summed E-state index contributed by atoms with van der Waals surface area (Å²) in [5.41, 5.74) is 0.796. The Balaban J connectivity index is 2.97. The van der Waals surface area contributed by atoms with Gasteiger partial charge < -0.3 is 10.4 Å². The molecule has 0 saturated carbocycles. The Kier molecular flexibility index (Phi) is 4.79. The number of carbonyl (C=O) groups is 1. The van der Waals surface area contributed by atoms with E-state index in [1.807, 2.05) is 6.92 Å². The van der Waals surface area contributed by atoms with Crippen LogP contribution in [0.3, 0.4) is 0 Å². The SMILES string of the molecule is CC[C@H](CO)NC(=O)c1cc([N+](=O)[O-])ccc1C. The second-order valence-electron chi connectivity index (χ2n) is 4.02. The quantitative estimate of drug-likeness (QED) is 0.612. The van der Waals surface area contributed by atoms with Crippen LogP contribution in [-0.2, 0) is 0 Å². The lowest BCUT2D eigenvalue weighted by molar-refractivity contribution is -0.384. The molecule has 0 aliphatic rings. The first-order valence-corrected chi connectivity index (χ1v) is 5.66. The van der Waals surface area contributed by atoms with Crippen LogP contribution in [0.1, 0.15) is 29.3 Å². The summed E-state index contributed by atoms with van der Waals surface area (Å²) < 4.78 is 0. The molecule has 98 valence electrons. The number of aliphatic hydroxyl groups excluding tert-OH is 1. The molecule has 6 heteroatoms. The number of hydrogen-bond donors (Lipinski definition) is 2. The van der Waals surface area contributed by atoms with Crippen molar-refractivity contribution >= 4 is 11.6 Å². The van der Waals surface area contributed by atoms with Crippen LogP contribution >= 0.6 is 0 Å². The van der Waals surface area contributed by atoms with Gasteiger partial charge >= 0.3 is 0 Å². The van der Waals surface area contributed by atoms with E-state index >= 15 is 0 Å². The molecule has 1 amide bonds. The largest absolute Gasteiger partial charge is 0.394 e. The predicted octanol–water partition coefficient (Wildman–Crippen LogP) is 1.40. The molecule has 0 aromatic heterocycles. The highest BCUT2D eigenvalue weighted by atomic mass is 16.6. The Hall–Kier alpha value is -1.95. The van der Waals surface area contributed by atoms with Gasteiger partial charge in [-0.15, -0.1) is 0 Å². The highest BCUT2D eigenvalue weighted by molar-refractivity contribution is 5.96. The molecule has 6 nitrogen and oxygen atoms in total. The van der Waals surface area contributed by atoms with Crippen molar-refractivity contribution in [2.75, 3.05) is 6.61 Å². The van der Waals surface area contributed by atoms with E-state index in [2.05, 4.69) is 5.32 Å². The number of amides is 1. The van der Waals surface area contributed by atoms with Gasteiger partial charge in [-0.25, -0.2) is 0 Å². The number of aliphatic hydroxyl groups is 1. The standard InChI is InChI=1S/C12H16N2O4/c1-3-9(7-15)13-12(16)11-6-10(14(17)18)5-4-8(11)2/h4-6,9,15H,3,7H2,1-2H3,(H,13,16)/t9-/m1/s1. The van der Waals surface area contributed by atoms with Gasteiger partial charge in [0.1, 0.15) is 0 Å². The van der Waals surface area contributed by atoms with Crippen LogP contribution in [0.25, 0.3) is 0 Å². The van der Waals surface area contributed by atoms with Gasteiger partial charge in [-0.3, -0.25) is 14.9 Å². The first-order valence-electron chi connectivity index (χ1n) is 5.66. The molecule has 0 fully saturated rings. The van der Waals surface area contributed by atoms with Crippen LogP contribution in [0.15, 0.2) is 18.2 Å². The summed E-state index contributed by atoms with van der Waals surface area (Å²) >= 11 is 0. The van der Waals surface area contributed by atoms with Crippen LogP contribution in [0.4, 0.5) is 5.69 Å². The summed E-state index contributed by atoms with van der Waals surface area (Å²) in [7, 11) is 0. The number of nitrogens with one attached hydrogen (secondary N) is 1. The molecule has 0 aliphatic heterocycles. The Morgan fingerprint density at radius 1 is 1.56 bits per heavy atom. The normalized spacial score (nSPS) is 11.9. The highest BCUT2D eigenvalue weighted by Crippen LogP contribution is 2.17. The van der Waals surface area contributed by atoms with E-state index in [1.54, 1.807) is 6.92 Å². The second-order valence-corrected chi connectivity index (χ2v) is 4.02. The third-order valence-electron chi connectivity index (χ3n) is 2.73. The number of aryl methyl sites for hydroxylation is 1. The number of nitro benzene ring substituents is 1. The molecule has 0 radical (unpaired) electrons. The van der Waals surface area contributed by atoms with Gasteiger partial charge in [0, 0.05) is 17.7 Å². The first-order chi connectivity index (χ1) is 8.49. The fourth-order valence-corrected chi connectivity index (χ4v) is 1.51. The van der Waals surface area contributed by atoms with E-state index in [4.69, 9.17) is 5.11 Å². The maximum absolute atomic E-state index is 11.9. The molecular weight excluding hydrogens is 236 g/mol. The van der Waals surface area contributed by atoms with Crippen LogP contribution in [0.2, 0.25) is 0 Å². The van der Waals surface area contributed by atoms with Crippen LogP contribution in [-0.4, -0.2) is 28.6 Å². The van der Waals surface area contributed by atoms with E-state index < -0.39 is 10.8 Å². The van der Waals surface area contributed by atoms with Crippen molar-refractivity contribution in [3.05, 3.63) is 39.4 Å². The molecule has 1 atom stereocenters. The number of rotatable bonds is 5. The van der Waals surface area contributed by atoms with Crippen molar-refractivity contribution in [1.29, 1.82) is 0 Å². The van der Waals surface area contributed by atoms with Gasteiger partial charge in [-0.1, -0.05) is 13.0 Å². The minimum absolute atomic E-state index is 0.122. The van der Waals surface area contributed by atoms with Gasteiger partial charge in [0.25, 0.3) is 11.6 Å². The molecule has 2 N–H and O–H groups in total. The third-order valence-corrected chi connectivity index (χ3v) is 2.73. The molecule has 18 heavy (non-hydrogen) atoms. The topological polar surface area (TPSA) is 92.5 Å². The number of benzene rings is 1. The van der Waals surface area contributed by atoms with Crippen molar-refractivity contribution < 1.29 is 14.8 Å². The van der Waals surface area contributed by atoms with E-state index in [0.29, 0.717) is 12.0 Å². The zero-order valence-electron chi connectivity index (χ0n) is 10.3. The van der Waals surface area contributed by atoms with Crippen molar-refractivity contribution in [1.82, 2.24) is 5.32 Å². The van der Waals surface area contributed by atoms with Crippen LogP contribution in [0.5, 0.6) is 0 Å². The number of hydrogen-bond acceptors (Lipinski definition) is 4. The lowest BCUT2D eigenvalue weighted by atomic mass is 10.1. The molecule has 0 unspecified atom stereocenters. The molecule has 1 aromatic rings. The van der Waals surface area contributed by atoms with E-state index in [0.717, 1.165) is 0 Å². The lowest BCUT2D eigenvalue weighted by Crippen LogP contribution is -2.37. The number of nitro groups is 1. The fourth-order valence-electron chi connectivity index (χ4n) is 1.51.